The van der Waals surface area contributed by atoms with E-state index in [1.807, 2.05) is 0 Å². The first-order valence-corrected chi connectivity index (χ1v) is 8.31. The van der Waals surface area contributed by atoms with E-state index >= 15 is 0 Å². The maximum absolute atomic E-state index is 11.6. The lowest BCUT2D eigenvalue weighted by atomic mass is 10.0. The van der Waals surface area contributed by atoms with E-state index in [2.05, 4.69) is 5.32 Å². The molecule has 0 bridgehead atoms. The van der Waals surface area contributed by atoms with E-state index in [-0.39, 0.29) is 12.3 Å². The first-order chi connectivity index (χ1) is 13.2. The zero-order valence-electron chi connectivity index (χ0n) is 15.4. The fraction of sp³-hybridized carbons (Fsp3) is 0.471. The summed E-state index contributed by atoms with van der Waals surface area (Å²) in [6.07, 6.45) is -4.16. The van der Waals surface area contributed by atoms with Crippen molar-refractivity contribution in [3.63, 3.8) is 0 Å². The summed E-state index contributed by atoms with van der Waals surface area (Å²) in [6.45, 7) is 3.40. The lowest BCUT2D eigenvalue weighted by Gasteiger charge is -2.40. The molecule has 0 spiro atoms. The number of nitro groups is 1. The zero-order chi connectivity index (χ0) is 20.8. The standard InChI is InChI=1S/C17H20N2O9/c1-9(20)26-14-8-25-17(16(28-11(3)22)15(14)27-10(2)21)18-12-4-6-13(7-5-12)19(23)24/h4-7,14-18H,8H2,1-3H3. The van der Waals surface area contributed by atoms with Crippen molar-refractivity contribution in [1.29, 1.82) is 0 Å². The number of benzene rings is 1. The summed E-state index contributed by atoms with van der Waals surface area (Å²) in [5.41, 5.74) is 0.347. The highest BCUT2D eigenvalue weighted by atomic mass is 16.6. The summed E-state index contributed by atoms with van der Waals surface area (Å²) in [7, 11) is 0. The number of nitrogens with one attached hydrogen (secondary N) is 1. The van der Waals surface area contributed by atoms with Crippen molar-refractivity contribution in [3.05, 3.63) is 34.4 Å². The van der Waals surface area contributed by atoms with Crippen LogP contribution in [0.1, 0.15) is 20.8 Å². The van der Waals surface area contributed by atoms with Gasteiger partial charge in [-0.1, -0.05) is 0 Å². The fourth-order valence-electron chi connectivity index (χ4n) is 2.71. The van der Waals surface area contributed by atoms with Crippen LogP contribution >= 0.6 is 0 Å². The maximum atomic E-state index is 11.6. The van der Waals surface area contributed by atoms with Crippen LogP contribution in [0, 0.1) is 10.1 Å². The number of ether oxygens (including phenoxy) is 4. The quantitative estimate of drug-likeness (QED) is 0.322. The second kappa shape index (κ2) is 9.13. The fourth-order valence-corrected chi connectivity index (χ4v) is 2.71. The minimum Gasteiger partial charge on any atom is -0.456 e. The highest BCUT2D eigenvalue weighted by Gasteiger charge is 2.47. The molecule has 1 aromatic carbocycles. The van der Waals surface area contributed by atoms with E-state index < -0.39 is 47.4 Å². The third kappa shape index (κ3) is 5.64. The number of carbonyl (C=O) groups excluding carboxylic acids is 3. The molecule has 11 heteroatoms. The predicted octanol–water partition coefficient (Wildman–Crippen LogP) is 1.16. The van der Waals surface area contributed by atoms with Gasteiger partial charge >= 0.3 is 17.9 Å². The lowest BCUT2D eigenvalue weighted by Crippen LogP contribution is -2.59. The van der Waals surface area contributed by atoms with Gasteiger partial charge in [0.2, 0.25) is 0 Å². The van der Waals surface area contributed by atoms with E-state index in [1.54, 1.807) is 0 Å². The highest BCUT2D eigenvalue weighted by molar-refractivity contribution is 5.68. The molecule has 0 amide bonds. The maximum Gasteiger partial charge on any atom is 0.303 e. The van der Waals surface area contributed by atoms with Crippen LogP contribution in [0.15, 0.2) is 24.3 Å². The number of rotatable bonds is 6. The van der Waals surface area contributed by atoms with Gasteiger partial charge in [0.15, 0.2) is 24.5 Å². The number of nitrogens with zero attached hydrogens (tertiary/aromatic N) is 1. The summed E-state index contributed by atoms with van der Waals surface area (Å²) in [4.78, 5) is 44.6. The van der Waals surface area contributed by atoms with Crippen LogP contribution in [0.2, 0.25) is 0 Å². The molecule has 4 unspecified atom stereocenters. The van der Waals surface area contributed by atoms with Crippen molar-refractivity contribution >= 4 is 29.3 Å². The van der Waals surface area contributed by atoms with Gasteiger partial charge in [0.1, 0.15) is 0 Å². The van der Waals surface area contributed by atoms with Gasteiger partial charge in [0, 0.05) is 38.6 Å². The van der Waals surface area contributed by atoms with E-state index in [1.165, 1.54) is 45.0 Å². The van der Waals surface area contributed by atoms with Gasteiger partial charge < -0.3 is 24.3 Å². The van der Waals surface area contributed by atoms with Crippen LogP contribution in [-0.4, -0.2) is 54.0 Å². The van der Waals surface area contributed by atoms with Crippen molar-refractivity contribution < 1.29 is 38.3 Å². The van der Waals surface area contributed by atoms with Gasteiger partial charge in [-0.3, -0.25) is 24.5 Å². The molecule has 152 valence electrons. The Kier molecular flexibility index (Phi) is 6.88. The Morgan fingerprint density at radius 3 is 2.04 bits per heavy atom. The molecule has 1 aliphatic rings. The number of non-ortho nitro benzene ring substituents is 1. The molecule has 0 aromatic heterocycles. The second-order valence-corrected chi connectivity index (χ2v) is 6.00. The molecule has 0 aliphatic carbocycles. The molecule has 28 heavy (non-hydrogen) atoms. The smallest absolute Gasteiger partial charge is 0.303 e. The second-order valence-electron chi connectivity index (χ2n) is 6.00. The van der Waals surface area contributed by atoms with Crippen molar-refractivity contribution in [3.8, 4) is 0 Å². The number of hydrogen-bond donors (Lipinski definition) is 1. The predicted molar refractivity (Wildman–Crippen MR) is 93.1 cm³/mol. The van der Waals surface area contributed by atoms with Crippen LogP contribution < -0.4 is 5.32 Å². The monoisotopic (exact) mass is 396 g/mol. The summed E-state index contributed by atoms with van der Waals surface area (Å²) in [6, 6.07) is 5.48. The molecular formula is C17H20N2O9. The van der Waals surface area contributed by atoms with Crippen molar-refractivity contribution in [2.75, 3.05) is 11.9 Å². The average Bonchev–Trinajstić information content (AvgIpc) is 2.59. The lowest BCUT2D eigenvalue weighted by molar-refractivity contribution is -0.384. The molecule has 1 N–H and O–H groups in total. The number of hydrogen-bond acceptors (Lipinski definition) is 10. The minimum atomic E-state index is -1.13. The SMILES string of the molecule is CC(=O)OC1COC(Nc2ccc([N+](=O)[O-])cc2)C(OC(C)=O)C1OC(C)=O. The molecule has 11 nitrogen and oxygen atoms in total. The molecule has 1 aliphatic heterocycles. The van der Waals surface area contributed by atoms with Crippen LogP contribution in [0.4, 0.5) is 11.4 Å². The van der Waals surface area contributed by atoms with Crippen LogP contribution in [-0.2, 0) is 33.3 Å². The number of nitro benzene ring substituents is 1. The Hall–Kier alpha value is -3.21. The number of anilines is 1. The van der Waals surface area contributed by atoms with E-state index in [9.17, 15) is 24.5 Å². The molecule has 2 rings (SSSR count). The summed E-state index contributed by atoms with van der Waals surface area (Å²) in [5.74, 6) is -1.94. The van der Waals surface area contributed by atoms with E-state index in [0.29, 0.717) is 5.69 Å². The summed E-state index contributed by atoms with van der Waals surface area (Å²) < 4.78 is 21.2. The number of carbonyl (C=O) groups is 3. The number of esters is 3. The Bertz CT molecular complexity index is 749. The molecular weight excluding hydrogens is 376 g/mol. The van der Waals surface area contributed by atoms with Gasteiger partial charge in [-0.2, -0.15) is 0 Å². The zero-order valence-corrected chi connectivity index (χ0v) is 15.4. The van der Waals surface area contributed by atoms with Crippen LogP contribution in [0.3, 0.4) is 0 Å². The molecule has 1 aromatic rings. The van der Waals surface area contributed by atoms with Gasteiger partial charge in [0.05, 0.1) is 11.5 Å². The highest BCUT2D eigenvalue weighted by Crippen LogP contribution is 2.26. The molecule has 0 radical (unpaired) electrons. The molecule has 1 saturated heterocycles. The Morgan fingerprint density at radius 1 is 1.00 bits per heavy atom. The van der Waals surface area contributed by atoms with Crippen LogP contribution in [0.25, 0.3) is 0 Å². The largest absolute Gasteiger partial charge is 0.456 e. The van der Waals surface area contributed by atoms with Gasteiger partial charge in [-0.25, -0.2) is 0 Å². The Labute approximate surface area is 160 Å². The van der Waals surface area contributed by atoms with Crippen molar-refractivity contribution in [2.45, 2.75) is 45.3 Å². The Morgan fingerprint density at radius 2 is 1.54 bits per heavy atom. The summed E-state index contributed by atoms with van der Waals surface area (Å²) >= 11 is 0. The molecule has 4 atom stereocenters. The van der Waals surface area contributed by atoms with Gasteiger partial charge in [0.25, 0.3) is 5.69 Å². The first-order valence-electron chi connectivity index (χ1n) is 8.31. The molecule has 1 heterocycles. The minimum absolute atomic E-state index is 0.0978. The first kappa shape index (κ1) is 21.1. The topological polar surface area (TPSA) is 143 Å². The van der Waals surface area contributed by atoms with Gasteiger partial charge in [-0.15, -0.1) is 0 Å². The third-order valence-corrected chi connectivity index (χ3v) is 3.74. The Balaban J connectivity index is 2.25. The van der Waals surface area contributed by atoms with Crippen molar-refractivity contribution in [2.24, 2.45) is 0 Å². The third-order valence-electron chi connectivity index (χ3n) is 3.74. The average molecular weight is 396 g/mol. The molecule has 1 fully saturated rings. The normalized spacial score (nSPS) is 24.0. The van der Waals surface area contributed by atoms with Crippen LogP contribution in [0.5, 0.6) is 0 Å². The molecule has 0 saturated carbocycles. The van der Waals surface area contributed by atoms with E-state index in [4.69, 9.17) is 18.9 Å². The summed E-state index contributed by atoms with van der Waals surface area (Å²) in [5, 5.41) is 13.7. The van der Waals surface area contributed by atoms with Gasteiger partial charge in [-0.05, 0) is 12.1 Å². The van der Waals surface area contributed by atoms with Crippen molar-refractivity contribution in [1.82, 2.24) is 0 Å². The van der Waals surface area contributed by atoms with E-state index in [0.717, 1.165) is 0 Å².